The van der Waals surface area contributed by atoms with Gasteiger partial charge in [-0.1, -0.05) is 0 Å². The van der Waals surface area contributed by atoms with Crippen LogP contribution in [0.1, 0.15) is 11.1 Å². The maximum Gasteiger partial charge on any atom is 0.336 e. The van der Waals surface area contributed by atoms with Gasteiger partial charge in [0.1, 0.15) is 23.0 Å². The molecule has 0 aliphatic carbocycles. The molecule has 0 spiro atoms. The summed E-state index contributed by atoms with van der Waals surface area (Å²) in [6, 6.07) is 8.46. The summed E-state index contributed by atoms with van der Waals surface area (Å²) in [6.45, 7) is 2.24. The van der Waals surface area contributed by atoms with Crippen LogP contribution in [-0.4, -0.2) is 6.73 Å². The highest BCUT2D eigenvalue weighted by atomic mass is 19.1. The van der Waals surface area contributed by atoms with Crippen LogP contribution in [0.3, 0.4) is 0 Å². The smallest absolute Gasteiger partial charge is 0.336 e. The van der Waals surface area contributed by atoms with Gasteiger partial charge in [0.15, 0.2) is 6.73 Å². The van der Waals surface area contributed by atoms with E-state index in [-0.39, 0.29) is 12.4 Å². The number of aryl methyl sites for hydroxylation is 1. The lowest BCUT2D eigenvalue weighted by Crippen LogP contribution is -2.32. The second-order valence-corrected chi connectivity index (χ2v) is 5.73. The molecular formula is C18H13F2NO3. The molecule has 2 heterocycles. The number of benzene rings is 2. The van der Waals surface area contributed by atoms with E-state index >= 15 is 0 Å². The molecule has 6 heteroatoms. The maximum absolute atomic E-state index is 14.0. The number of anilines is 1. The van der Waals surface area contributed by atoms with E-state index < -0.39 is 17.3 Å². The SMILES string of the molecule is Cc1cc(=O)oc2c3c(ccc12)OCN(c1ccc(F)cc1F)C3. The Labute approximate surface area is 135 Å². The largest absolute Gasteiger partial charge is 0.473 e. The van der Waals surface area contributed by atoms with Gasteiger partial charge in [-0.2, -0.15) is 0 Å². The summed E-state index contributed by atoms with van der Waals surface area (Å²) in [6.07, 6.45) is 0. The summed E-state index contributed by atoms with van der Waals surface area (Å²) in [7, 11) is 0. The number of halogens is 2. The minimum Gasteiger partial charge on any atom is -0.473 e. The molecule has 1 aromatic heterocycles. The van der Waals surface area contributed by atoms with E-state index in [4.69, 9.17) is 9.15 Å². The van der Waals surface area contributed by atoms with Crippen LogP contribution in [0.2, 0.25) is 0 Å². The summed E-state index contributed by atoms with van der Waals surface area (Å²) in [4.78, 5) is 13.3. The van der Waals surface area contributed by atoms with Crippen LogP contribution < -0.4 is 15.3 Å². The number of rotatable bonds is 1. The van der Waals surface area contributed by atoms with E-state index in [2.05, 4.69) is 0 Å². The molecule has 1 aliphatic heterocycles. The highest BCUT2D eigenvalue weighted by Gasteiger charge is 2.24. The number of nitrogens with zero attached hydrogens (tertiary/aromatic N) is 1. The van der Waals surface area contributed by atoms with Crippen LogP contribution in [0.4, 0.5) is 14.5 Å². The van der Waals surface area contributed by atoms with Gasteiger partial charge >= 0.3 is 5.63 Å². The highest BCUT2D eigenvalue weighted by Crippen LogP contribution is 2.35. The van der Waals surface area contributed by atoms with Crippen molar-refractivity contribution >= 4 is 16.7 Å². The van der Waals surface area contributed by atoms with Crippen LogP contribution in [0.5, 0.6) is 5.75 Å². The monoisotopic (exact) mass is 329 g/mol. The van der Waals surface area contributed by atoms with Gasteiger partial charge in [-0.3, -0.25) is 0 Å². The Morgan fingerprint density at radius 2 is 1.96 bits per heavy atom. The van der Waals surface area contributed by atoms with Crippen LogP contribution in [0, 0.1) is 18.6 Å². The van der Waals surface area contributed by atoms with E-state index in [0.717, 1.165) is 17.0 Å². The third-order valence-corrected chi connectivity index (χ3v) is 4.15. The Kier molecular flexibility index (Phi) is 3.26. The van der Waals surface area contributed by atoms with Crippen LogP contribution >= 0.6 is 0 Å². The molecule has 0 N–H and O–H groups in total. The van der Waals surface area contributed by atoms with Crippen molar-refractivity contribution in [1.29, 1.82) is 0 Å². The van der Waals surface area contributed by atoms with Crippen molar-refractivity contribution in [3.05, 3.63) is 69.6 Å². The second kappa shape index (κ2) is 5.33. The van der Waals surface area contributed by atoms with Gasteiger partial charge in [0.25, 0.3) is 0 Å². The number of fused-ring (bicyclic) bond motifs is 3. The molecule has 122 valence electrons. The summed E-state index contributed by atoms with van der Waals surface area (Å²) in [5.41, 5.74) is 1.69. The van der Waals surface area contributed by atoms with E-state index in [1.165, 1.54) is 18.2 Å². The van der Waals surface area contributed by atoms with Gasteiger partial charge < -0.3 is 14.1 Å². The van der Waals surface area contributed by atoms with Crippen molar-refractivity contribution in [3.8, 4) is 5.75 Å². The minimum atomic E-state index is -0.667. The van der Waals surface area contributed by atoms with E-state index in [1.807, 2.05) is 19.1 Å². The van der Waals surface area contributed by atoms with Gasteiger partial charge in [0.05, 0.1) is 17.8 Å². The lowest BCUT2D eigenvalue weighted by atomic mass is 10.0. The zero-order valence-corrected chi connectivity index (χ0v) is 12.8. The summed E-state index contributed by atoms with van der Waals surface area (Å²) in [5.74, 6) is -0.711. The molecule has 0 radical (unpaired) electrons. The molecule has 0 unspecified atom stereocenters. The zero-order valence-electron chi connectivity index (χ0n) is 12.8. The first kappa shape index (κ1) is 14.7. The van der Waals surface area contributed by atoms with Crippen molar-refractivity contribution in [3.63, 3.8) is 0 Å². The molecule has 0 amide bonds. The number of hydrogen-bond donors (Lipinski definition) is 0. The van der Waals surface area contributed by atoms with Crippen molar-refractivity contribution in [1.82, 2.24) is 0 Å². The lowest BCUT2D eigenvalue weighted by molar-refractivity contribution is 0.287. The van der Waals surface area contributed by atoms with E-state index in [0.29, 0.717) is 23.4 Å². The molecule has 24 heavy (non-hydrogen) atoms. The molecule has 0 saturated carbocycles. The Hall–Kier alpha value is -2.89. The molecule has 0 saturated heterocycles. The van der Waals surface area contributed by atoms with Crippen LogP contribution in [-0.2, 0) is 6.54 Å². The predicted molar refractivity (Wildman–Crippen MR) is 85.3 cm³/mol. The average Bonchev–Trinajstić information content (AvgIpc) is 2.54. The van der Waals surface area contributed by atoms with Gasteiger partial charge in [0.2, 0.25) is 0 Å². The summed E-state index contributed by atoms with van der Waals surface area (Å²) in [5, 5.41) is 0.804. The minimum absolute atomic E-state index is 0.122. The average molecular weight is 329 g/mol. The Morgan fingerprint density at radius 3 is 2.75 bits per heavy atom. The molecule has 3 aromatic rings. The third-order valence-electron chi connectivity index (χ3n) is 4.15. The Morgan fingerprint density at radius 1 is 1.12 bits per heavy atom. The van der Waals surface area contributed by atoms with E-state index in [1.54, 1.807) is 4.90 Å². The number of hydrogen-bond acceptors (Lipinski definition) is 4. The molecule has 4 rings (SSSR count). The molecule has 2 aromatic carbocycles. The fraction of sp³-hybridized carbons (Fsp3) is 0.167. The van der Waals surface area contributed by atoms with Gasteiger partial charge in [0, 0.05) is 17.5 Å². The van der Waals surface area contributed by atoms with Gasteiger partial charge in [-0.05, 0) is 36.8 Å². The first-order chi connectivity index (χ1) is 11.5. The van der Waals surface area contributed by atoms with Crippen molar-refractivity contribution < 1.29 is 17.9 Å². The molecule has 4 nitrogen and oxygen atoms in total. The Balaban J connectivity index is 1.84. The summed E-state index contributed by atoms with van der Waals surface area (Å²) < 4.78 is 38.2. The molecule has 1 aliphatic rings. The number of ether oxygens (including phenoxy) is 1. The van der Waals surface area contributed by atoms with Crippen molar-refractivity contribution in [2.24, 2.45) is 0 Å². The highest BCUT2D eigenvalue weighted by molar-refractivity contribution is 5.85. The standard InChI is InChI=1S/C18H13F2NO3/c1-10-6-17(22)24-18-12(10)3-5-16-13(18)8-21(9-23-16)15-4-2-11(19)7-14(15)20/h2-7H,8-9H2,1H3. The van der Waals surface area contributed by atoms with Crippen molar-refractivity contribution in [2.45, 2.75) is 13.5 Å². The maximum atomic E-state index is 14.0. The fourth-order valence-electron chi connectivity index (χ4n) is 2.98. The second-order valence-electron chi connectivity index (χ2n) is 5.73. The molecular weight excluding hydrogens is 316 g/mol. The Bertz CT molecular complexity index is 1010. The van der Waals surface area contributed by atoms with Gasteiger partial charge in [-0.15, -0.1) is 0 Å². The predicted octanol–water partition coefficient (Wildman–Crippen LogP) is 3.74. The van der Waals surface area contributed by atoms with Crippen LogP contribution in [0.25, 0.3) is 11.0 Å². The normalized spacial score (nSPS) is 13.7. The molecule has 0 atom stereocenters. The quantitative estimate of drug-likeness (QED) is 0.638. The third kappa shape index (κ3) is 2.31. The summed E-state index contributed by atoms with van der Waals surface area (Å²) >= 11 is 0. The molecule has 0 fully saturated rings. The lowest BCUT2D eigenvalue weighted by Gasteiger charge is -2.31. The van der Waals surface area contributed by atoms with E-state index in [9.17, 15) is 13.6 Å². The zero-order chi connectivity index (χ0) is 16.8. The molecule has 0 bridgehead atoms. The van der Waals surface area contributed by atoms with Crippen LogP contribution in [0.15, 0.2) is 45.6 Å². The first-order valence-corrected chi connectivity index (χ1v) is 7.42. The topological polar surface area (TPSA) is 42.7 Å². The fourth-order valence-corrected chi connectivity index (χ4v) is 2.98. The first-order valence-electron chi connectivity index (χ1n) is 7.42. The van der Waals surface area contributed by atoms with Gasteiger partial charge in [-0.25, -0.2) is 13.6 Å². The van der Waals surface area contributed by atoms with Crippen molar-refractivity contribution in [2.75, 3.05) is 11.6 Å².